The van der Waals surface area contributed by atoms with Crippen molar-refractivity contribution in [2.24, 2.45) is 11.3 Å². The Labute approximate surface area is 142 Å². The van der Waals surface area contributed by atoms with Crippen LogP contribution in [0.15, 0.2) is 36.4 Å². The van der Waals surface area contributed by atoms with Crippen LogP contribution in [-0.2, 0) is 19.1 Å². The van der Waals surface area contributed by atoms with E-state index in [4.69, 9.17) is 9.47 Å². The van der Waals surface area contributed by atoms with Crippen molar-refractivity contribution in [2.45, 2.75) is 31.8 Å². The van der Waals surface area contributed by atoms with Gasteiger partial charge in [-0.05, 0) is 31.2 Å². The number of hydrogen-bond donors (Lipinski definition) is 1. The normalized spacial score (nSPS) is 26.1. The highest BCUT2D eigenvalue weighted by Crippen LogP contribution is 2.46. The SMILES string of the molecule is COC(=O)C1(C(=O)OC)C[C@@H](/C=C/c2ccccc2)C[C@](C)(O)C1. The number of hydrogen-bond acceptors (Lipinski definition) is 5. The van der Waals surface area contributed by atoms with E-state index in [0.29, 0.717) is 6.42 Å². The number of ether oxygens (including phenoxy) is 2. The van der Waals surface area contributed by atoms with Gasteiger partial charge in [-0.1, -0.05) is 42.5 Å². The topological polar surface area (TPSA) is 72.8 Å². The van der Waals surface area contributed by atoms with Crippen LogP contribution in [0.5, 0.6) is 0 Å². The van der Waals surface area contributed by atoms with Gasteiger partial charge >= 0.3 is 11.9 Å². The molecule has 0 spiro atoms. The van der Waals surface area contributed by atoms with E-state index in [0.717, 1.165) is 5.56 Å². The Morgan fingerprint density at radius 3 is 2.25 bits per heavy atom. The summed E-state index contributed by atoms with van der Waals surface area (Å²) in [6, 6.07) is 9.73. The van der Waals surface area contributed by atoms with Crippen LogP contribution in [0.1, 0.15) is 31.7 Å². The second kappa shape index (κ2) is 7.18. The number of methoxy groups -OCH3 is 2. The molecule has 130 valence electrons. The molecule has 1 N–H and O–H groups in total. The molecule has 0 unspecified atom stereocenters. The molecule has 1 aliphatic carbocycles. The summed E-state index contributed by atoms with van der Waals surface area (Å²) >= 11 is 0. The molecular formula is C19H24O5. The van der Waals surface area contributed by atoms with Gasteiger partial charge in [-0.2, -0.15) is 0 Å². The van der Waals surface area contributed by atoms with E-state index in [1.54, 1.807) is 6.92 Å². The first kappa shape index (κ1) is 18.2. The molecule has 5 heteroatoms. The molecule has 24 heavy (non-hydrogen) atoms. The highest BCUT2D eigenvalue weighted by Gasteiger charge is 2.56. The van der Waals surface area contributed by atoms with Crippen LogP contribution in [-0.4, -0.2) is 36.9 Å². The zero-order valence-corrected chi connectivity index (χ0v) is 14.3. The lowest BCUT2D eigenvalue weighted by Gasteiger charge is -2.42. The lowest BCUT2D eigenvalue weighted by Crippen LogP contribution is -2.52. The fourth-order valence-electron chi connectivity index (χ4n) is 3.61. The minimum absolute atomic E-state index is 0.00494. The number of carbonyl (C=O) groups excluding carboxylic acids is 2. The summed E-state index contributed by atoms with van der Waals surface area (Å²) in [5, 5.41) is 10.6. The van der Waals surface area contributed by atoms with E-state index in [1.807, 2.05) is 42.5 Å². The molecule has 1 saturated carbocycles. The largest absolute Gasteiger partial charge is 0.468 e. The third-order valence-electron chi connectivity index (χ3n) is 4.51. The predicted molar refractivity (Wildman–Crippen MR) is 89.9 cm³/mol. The first-order chi connectivity index (χ1) is 11.3. The average molecular weight is 332 g/mol. The van der Waals surface area contributed by atoms with Crippen LogP contribution < -0.4 is 0 Å². The molecule has 0 radical (unpaired) electrons. The molecule has 1 aliphatic rings. The zero-order valence-electron chi connectivity index (χ0n) is 14.3. The summed E-state index contributed by atoms with van der Waals surface area (Å²) in [7, 11) is 2.48. The molecule has 0 saturated heterocycles. The molecular weight excluding hydrogens is 308 g/mol. The van der Waals surface area contributed by atoms with E-state index in [-0.39, 0.29) is 18.8 Å². The molecule has 0 bridgehead atoms. The summed E-state index contributed by atoms with van der Waals surface area (Å²) in [4.78, 5) is 24.7. The quantitative estimate of drug-likeness (QED) is 0.678. The van der Waals surface area contributed by atoms with Gasteiger partial charge in [0.1, 0.15) is 0 Å². The number of esters is 2. The van der Waals surface area contributed by atoms with Crippen molar-refractivity contribution in [3.05, 3.63) is 42.0 Å². The number of allylic oxidation sites excluding steroid dienone is 1. The Morgan fingerprint density at radius 1 is 1.12 bits per heavy atom. The first-order valence-electron chi connectivity index (χ1n) is 7.95. The van der Waals surface area contributed by atoms with E-state index in [9.17, 15) is 14.7 Å². The Morgan fingerprint density at radius 2 is 1.71 bits per heavy atom. The van der Waals surface area contributed by atoms with Crippen molar-refractivity contribution in [3.8, 4) is 0 Å². The minimum atomic E-state index is -1.48. The molecule has 2 atom stereocenters. The van der Waals surface area contributed by atoms with Gasteiger partial charge in [0.15, 0.2) is 5.41 Å². The van der Waals surface area contributed by atoms with Gasteiger partial charge in [-0.3, -0.25) is 9.59 Å². The Hall–Kier alpha value is -2.14. The maximum absolute atomic E-state index is 12.3. The van der Waals surface area contributed by atoms with Gasteiger partial charge in [-0.25, -0.2) is 0 Å². The summed E-state index contributed by atoms with van der Waals surface area (Å²) in [6.45, 7) is 1.64. The van der Waals surface area contributed by atoms with Crippen molar-refractivity contribution < 1.29 is 24.2 Å². The predicted octanol–water partition coefficient (Wildman–Crippen LogP) is 2.58. The lowest BCUT2D eigenvalue weighted by atomic mass is 9.63. The van der Waals surface area contributed by atoms with Crippen LogP contribution in [0.2, 0.25) is 0 Å². The second-order valence-corrected chi connectivity index (χ2v) is 6.68. The monoisotopic (exact) mass is 332 g/mol. The molecule has 5 nitrogen and oxygen atoms in total. The third kappa shape index (κ3) is 3.85. The Kier molecular flexibility index (Phi) is 5.44. The number of carbonyl (C=O) groups is 2. The van der Waals surface area contributed by atoms with Crippen LogP contribution in [0, 0.1) is 11.3 Å². The molecule has 0 amide bonds. The molecule has 1 aromatic carbocycles. The summed E-state index contributed by atoms with van der Waals surface area (Å²) in [5.74, 6) is -1.47. The molecule has 0 aliphatic heterocycles. The van der Waals surface area contributed by atoms with Crippen molar-refractivity contribution in [2.75, 3.05) is 14.2 Å². The van der Waals surface area contributed by atoms with Crippen LogP contribution >= 0.6 is 0 Å². The maximum atomic E-state index is 12.3. The van der Waals surface area contributed by atoms with Crippen molar-refractivity contribution >= 4 is 18.0 Å². The first-order valence-corrected chi connectivity index (χ1v) is 7.95. The summed E-state index contributed by atoms with van der Waals surface area (Å²) < 4.78 is 9.69. The number of benzene rings is 1. The Bertz CT molecular complexity index is 602. The third-order valence-corrected chi connectivity index (χ3v) is 4.51. The molecule has 0 heterocycles. The average Bonchev–Trinajstić information content (AvgIpc) is 2.57. The van der Waals surface area contributed by atoms with Gasteiger partial charge in [0.05, 0.1) is 19.8 Å². The maximum Gasteiger partial charge on any atom is 0.323 e. The van der Waals surface area contributed by atoms with E-state index < -0.39 is 23.0 Å². The highest BCUT2D eigenvalue weighted by atomic mass is 16.5. The van der Waals surface area contributed by atoms with Crippen LogP contribution in [0.25, 0.3) is 6.08 Å². The van der Waals surface area contributed by atoms with Gasteiger partial charge in [0.25, 0.3) is 0 Å². The number of aliphatic hydroxyl groups is 1. The zero-order chi connectivity index (χ0) is 17.8. The van der Waals surface area contributed by atoms with Crippen molar-refractivity contribution in [3.63, 3.8) is 0 Å². The number of rotatable bonds is 4. The standard InChI is InChI=1S/C19H24O5/c1-18(22)11-15(10-9-14-7-5-4-6-8-14)12-19(13-18,16(20)23-2)17(21)24-3/h4-10,15,22H,11-13H2,1-3H3/b10-9+/t15-,18-/m0/s1. The van der Waals surface area contributed by atoms with Crippen molar-refractivity contribution in [1.82, 2.24) is 0 Å². The fourth-order valence-corrected chi connectivity index (χ4v) is 3.61. The fraction of sp³-hybridized carbons (Fsp3) is 0.474. The molecule has 1 fully saturated rings. The summed E-state index contributed by atoms with van der Waals surface area (Å²) in [5.41, 5.74) is -1.62. The molecule has 0 aromatic heterocycles. The van der Waals surface area contributed by atoms with Crippen LogP contribution in [0.4, 0.5) is 0 Å². The van der Waals surface area contributed by atoms with Crippen molar-refractivity contribution in [1.29, 1.82) is 0 Å². The molecule has 1 aromatic rings. The summed E-state index contributed by atoms with van der Waals surface area (Å²) in [6.07, 6.45) is 4.59. The van der Waals surface area contributed by atoms with Gasteiger partial charge in [0.2, 0.25) is 0 Å². The minimum Gasteiger partial charge on any atom is -0.468 e. The van der Waals surface area contributed by atoms with E-state index in [1.165, 1.54) is 14.2 Å². The van der Waals surface area contributed by atoms with Gasteiger partial charge in [-0.15, -0.1) is 0 Å². The smallest absolute Gasteiger partial charge is 0.323 e. The lowest BCUT2D eigenvalue weighted by molar-refractivity contribution is -0.180. The van der Waals surface area contributed by atoms with E-state index in [2.05, 4.69) is 0 Å². The van der Waals surface area contributed by atoms with Crippen LogP contribution in [0.3, 0.4) is 0 Å². The van der Waals surface area contributed by atoms with Gasteiger partial charge in [0, 0.05) is 6.42 Å². The van der Waals surface area contributed by atoms with Gasteiger partial charge < -0.3 is 14.6 Å². The molecule has 2 rings (SSSR count). The highest BCUT2D eigenvalue weighted by molar-refractivity contribution is 6.00. The second-order valence-electron chi connectivity index (χ2n) is 6.68. The van der Waals surface area contributed by atoms with E-state index >= 15 is 0 Å². The Balaban J connectivity index is 2.32.